The predicted molar refractivity (Wildman–Crippen MR) is 68.8 cm³/mol. The van der Waals surface area contributed by atoms with E-state index in [1.807, 2.05) is 6.07 Å². The molecular weight excluding hydrogens is 231 g/mol. The normalized spacial score (nSPS) is 20.0. The Morgan fingerprint density at radius 1 is 1.56 bits per heavy atom. The topological polar surface area (TPSA) is 32.3 Å². The fraction of sp³-hybridized carbons (Fsp3) is 0.500. The SMILES string of the molecule is CN1CCC(NC(=O)CCc2cccc(F)c2)C1. The van der Waals surface area contributed by atoms with Gasteiger partial charge in [0.1, 0.15) is 5.82 Å². The zero-order valence-corrected chi connectivity index (χ0v) is 10.7. The summed E-state index contributed by atoms with van der Waals surface area (Å²) in [6.45, 7) is 1.96. The van der Waals surface area contributed by atoms with E-state index in [1.165, 1.54) is 12.1 Å². The molecule has 4 heteroatoms. The molecule has 1 fully saturated rings. The van der Waals surface area contributed by atoms with E-state index < -0.39 is 0 Å². The number of nitrogens with zero attached hydrogens (tertiary/aromatic N) is 1. The first-order valence-corrected chi connectivity index (χ1v) is 6.36. The molecular formula is C14H19FN2O. The van der Waals surface area contributed by atoms with Crippen molar-refractivity contribution >= 4 is 5.91 Å². The number of carbonyl (C=O) groups excluding carboxylic acids is 1. The van der Waals surface area contributed by atoms with Crippen LogP contribution in [0.2, 0.25) is 0 Å². The van der Waals surface area contributed by atoms with Crippen LogP contribution in [0.4, 0.5) is 4.39 Å². The van der Waals surface area contributed by atoms with Gasteiger partial charge in [0, 0.05) is 19.0 Å². The molecule has 0 spiro atoms. The van der Waals surface area contributed by atoms with Crippen LogP contribution >= 0.6 is 0 Å². The molecule has 1 saturated heterocycles. The Morgan fingerprint density at radius 2 is 2.39 bits per heavy atom. The lowest BCUT2D eigenvalue weighted by Gasteiger charge is -2.12. The molecule has 2 rings (SSSR count). The molecule has 1 aliphatic rings. The minimum absolute atomic E-state index is 0.0551. The third kappa shape index (κ3) is 3.81. The smallest absolute Gasteiger partial charge is 0.220 e. The second-order valence-corrected chi connectivity index (χ2v) is 4.95. The Kier molecular flexibility index (Phi) is 4.31. The fourth-order valence-corrected chi connectivity index (χ4v) is 2.30. The molecule has 1 atom stereocenters. The monoisotopic (exact) mass is 250 g/mol. The number of hydrogen-bond donors (Lipinski definition) is 1. The number of likely N-dealkylation sites (N-methyl/N-ethyl adjacent to an activating group) is 1. The lowest BCUT2D eigenvalue weighted by Crippen LogP contribution is -2.36. The van der Waals surface area contributed by atoms with Crippen LogP contribution in [0.3, 0.4) is 0 Å². The average Bonchev–Trinajstić information content (AvgIpc) is 2.72. The summed E-state index contributed by atoms with van der Waals surface area (Å²) < 4.78 is 13.0. The number of aryl methyl sites for hydroxylation is 1. The van der Waals surface area contributed by atoms with E-state index in [0.29, 0.717) is 12.8 Å². The van der Waals surface area contributed by atoms with Crippen molar-refractivity contribution < 1.29 is 9.18 Å². The Morgan fingerprint density at radius 3 is 3.06 bits per heavy atom. The van der Waals surface area contributed by atoms with Crippen molar-refractivity contribution in [1.29, 1.82) is 0 Å². The summed E-state index contributed by atoms with van der Waals surface area (Å²) in [7, 11) is 2.05. The Labute approximate surface area is 107 Å². The van der Waals surface area contributed by atoms with Gasteiger partial charge in [0.25, 0.3) is 0 Å². The van der Waals surface area contributed by atoms with Gasteiger partial charge in [0.2, 0.25) is 5.91 Å². The molecule has 0 aliphatic carbocycles. The minimum Gasteiger partial charge on any atom is -0.352 e. The molecule has 1 heterocycles. The van der Waals surface area contributed by atoms with E-state index in [0.717, 1.165) is 25.1 Å². The van der Waals surface area contributed by atoms with Crippen LogP contribution in [0, 0.1) is 5.82 Å². The van der Waals surface area contributed by atoms with Gasteiger partial charge in [0.05, 0.1) is 0 Å². The van der Waals surface area contributed by atoms with Crippen molar-refractivity contribution in [2.24, 2.45) is 0 Å². The van der Waals surface area contributed by atoms with Crippen molar-refractivity contribution in [3.63, 3.8) is 0 Å². The minimum atomic E-state index is -0.245. The van der Waals surface area contributed by atoms with E-state index in [2.05, 4.69) is 17.3 Å². The van der Waals surface area contributed by atoms with Crippen molar-refractivity contribution in [2.45, 2.75) is 25.3 Å². The third-order valence-corrected chi connectivity index (χ3v) is 3.29. The predicted octanol–water partition coefficient (Wildman–Crippen LogP) is 1.58. The highest BCUT2D eigenvalue weighted by Gasteiger charge is 2.20. The van der Waals surface area contributed by atoms with E-state index in [1.54, 1.807) is 6.07 Å². The summed E-state index contributed by atoms with van der Waals surface area (Å²) in [5.41, 5.74) is 0.869. The number of benzene rings is 1. The number of likely N-dealkylation sites (tertiary alicyclic amines) is 1. The second-order valence-electron chi connectivity index (χ2n) is 4.95. The summed E-state index contributed by atoms with van der Waals surface area (Å²) in [6.07, 6.45) is 2.03. The molecule has 18 heavy (non-hydrogen) atoms. The van der Waals surface area contributed by atoms with Gasteiger partial charge in [-0.15, -0.1) is 0 Å². The van der Waals surface area contributed by atoms with Crippen LogP contribution in [-0.2, 0) is 11.2 Å². The first-order valence-electron chi connectivity index (χ1n) is 6.36. The maximum atomic E-state index is 13.0. The Balaban J connectivity index is 1.75. The van der Waals surface area contributed by atoms with E-state index in [4.69, 9.17) is 0 Å². The Bertz CT molecular complexity index is 422. The molecule has 1 amide bonds. The van der Waals surface area contributed by atoms with E-state index >= 15 is 0 Å². The lowest BCUT2D eigenvalue weighted by molar-refractivity contribution is -0.121. The summed E-state index contributed by atoms with van der Waals surface area (Å²) in [5, 5.41) is 3.02. The number of amides is 1. The fourth-order valence-electron chi connectivity index (χ4n) is 2.30. The van der Waals surface area contributed by atoms with Gasteiger partial charge in [-0.3, -0.25) is 4.79 Å². The van der Waals surface area contributed by atoms with Gasteiger partial charge in [-0.2, -0.15) is 0 Å². The molecule has 3 nitrogen and oxygen atoms in total. The molecule has 1 unspecified atom stereocenters. The molecule has 0 bridgehead atoms. The molecule has 1 aliphatic heterocycles. The Hall–Kier alpha value is -1.42. The molecule has 0 radical (unpaired) electrons. The van der Waals surface area contributed by atoms with E-state index in [9.17, 15) is 9.18 Å². The highest BCUT2D eigenvalue weighted by Crippen LogP contribution is 2.08. The number of halogens is 1. The van der Waals surface area contributed by atoms with Gasteiger partial charge in [0.15, 0.2) is 0 Å². The zero-order chi connectivity index (χ0) is 13.0. The molecule has 1 aromatic carbocycles. The zero-order valence-electron chi connectivity index (χ0n) is 10.7. The summed E-state index contributed by atoms with van der Waals surface area (Å²) in [4.78, 5) is 13.9. The highest BCUT2D eigenvalue weighted by molar-refractivity contribution is 5.76. The molecule has 0 aromatic heterocycles. The van der Waals surface area contributed by atoms with Crippen LogP contribution in [0.5, 0.6) is 0 Å². The summed E-state index contributed by atoms with van der Waals surface area (Å²) in [6, 6.07) is 6.69. The number of hydrogen-bond acceptors (Lipinski definition) is 2. The quantitative estimate of drug-likeness (QED) is 0.880. The van der Waals surface area contributed by atoms with Crippen LogP contribution < -0.4 is 5.32 Å². The van der Waals surface area contributed by atoms with Crippen molar-refractivity contribution in [3.05, 3.63) is 35.6 Å². The van der Waals surface area contributed by atoms with Gasteiger partial charge in [-0.05, 0) is 44.1 Å². The number of rotatable bonds is 4. The lowest BCUT2D eigenvalue weighted by atomic mass is 10.1. The summed E-state index contributed by atoms with van der Waals surface area (Å²) in [5.74, 6) is -0.190. The molecule has 0 saturated carbocycles. The third-order valence-electron chi connectivity index (χ3n) is 3.29. The van der Waals surface area contributed by atoms with Crippen molar-refractivity contribution in [3.8, 4) is 0 Å². The second kappa shape index (κ2) is 5.96. The van der Waals surface area contributed by atoms with Gasteiger partial charge >= 0.3 is 0 Å². The number of nitrogens with one attached hydrogen (secondary N) is 1. The van der Waals surface area contributed by atoms with Crippen LogP contribution in [0.1, 0.15) is 18.4 Å². The molecule has 1 N–H and O–H groups in total. The van der Waals surface area contributed by atoms with Gasteiger partial charge < -0.3 is 10.2 Å². The maximum absolute atomic E-state index is 13.0. The van der Waals surface area contributed by atoms with Crippen molar-refractivity contribution in [1.82, 2.24) is 10.2 Å². The number of carbonyl (C=O) groups is 1. The van der Waals surface area contributed by atoms with Crippen LogP contribution in [0.15, 0.2) is 24.3 Å². The first-order chi connectivity index (χ1) is 8.63. The average molecular weight is 250 g/mol. The first kappa shape index (κ1) is 13.0. The standard InChI is InChI=1S/C14H19FN2O/c1-17-8-7-13(10-17)16-14(18)6-5-11-3-2-4-12(15)9-11/h2-4,9,13H,5-8,10H2,1H3,(H,16,18). The molecule has 98 valence electrons. The van der Waals surface area contributed by atoms with E-state index in [-0.39, 0.29) is 17.8 Å². The highest BCUT2D eigenvalue weighted by atomic mass is 19.1. The largest absolute Gasteiger partial charge is 0.352 e. The van der Waals surface area contributed by atoms with Gasteiger partial charge in [-0.25, -0.2) is 4.39 Å². The van der Waals surface area contributed by atoms with Crippen LogP contribution in [-0.4, -0.2) is 37.0 Å². The summed E-state index contributed by atoms with van der Waals surface area (Å²) >= 11 is 0. The van der Waals surface area contributed by atoms with Gasteiger partial charge in [-0.1, -0.05) is 12.1 Å². The van der Waals surface area contributed by atoms with Crippen molar-refractivity contribution in [2.75, 3.05) is 20.1 Å². The molecule has 1 aromatic rings. The van der Waals surface area contributed by atoms with Crippen LogP contribution in [0.25, 0.3) is 0 Å². The maximum Gasteiger partial charge on any atom is 0.220 e.